The second kappa shape index (κ2) is 14.3. The van der Waals surface area contributed by atoms with Crippen molar-refractivity contribution < 1.29 is 19.6 Å². The van der Waals surface area contributed by atoms with Crippen molar-refractivity contribution in [3.8, 4) is 11.8 Å². The lowest BCUT2D eigenvalue weighted by Gasteiger charge is -2.19. The normalized spacial score (nSPS) is 13.2. The minimum Gasteiger partial charge on any atom is -0.493 e. The number of nitrogens with one attached hydrogen (secondary N) is 1. The highest BCUT2D eigenvalue weighted by atomic mass is 16.5. The highest BCUT2D eigenvalue weighted by Crippen LogP contribution is 2.26. The van der Waals surface area contributed by atoms with Gasteiger partial charge in [-0.2, -0.15) is 5.26 Å². The molecular formula is C30H36BN3O4. The number of hydrogen-bond acceptors (Lipinski definition) is 6. The molecule has 0 aliphatic heterocycles. The van der Waals surface area contributed by atoms with Crippen LogP contribution in [0, 0.1) is 31.1 Å². The van der Waals surface area contributed by atoms with Crippen LogP contribution in [0.1, 0.15) is 53.6 Å². The second-order valence-corrected chi connectivity index (χ2v) is 9.84. The van der Waals surface area contributed by atoms with E-state index in [0.29, 0.717) is 25.0 Å². The third-order valence-corrected chi connectivity index (χ3v) is 6.70. The molecule has 3 N–H and O–H groups in total. The van der Waals surface area contributed by atoms with Crippen molar-refractivity contribution in [2.24, 2.45) is 5.92 Å². The number of ether oxygens (including phenoxy) is 1. The molecule has 1 aromatic heterocycles. The first-order valence-corrected chi connectivity index (χ1v) is 13.0. The molecule has 1 amide bonds. The van der Waals surface area contributed by atoms with Crippen molar-refractivity contribution in [3.63, 3.8) is 0 Å². The molecule has 2 unspecified atom stereocenters. The number of benzene rings is 2. The van der Waals surface area contributed by atoms with Crippen LogP contribution in [0.25, 0.3) is 0 Å². The van der Waals surface area contributed by atoms with E-state index in [1.165, 1.54) is 5.56 Å². The monoisotopic (exact) mass is 513 g/mol. The number of amides is 1. The number of aryl methyl sites for hydroxylation is 3. The maximum Gasteiger partial charge on any atom is 0.475 e. The minimum atomic E-state index is -1.65. The van der Waals surface area contributed by atoms with E-state index in [4.69, 9.17) is 4.74 Å². The first kappa shape index (κ1) is 28.9. The molecule has 7 nitrogen and oxygen atoms in total. The van der Waals surface area contributed by atoms with E-state index in [1.807, 2.05) is 75.4 Å². The van der Waals surface area contributed by atoms with Gasteiger partial charge in [0.1, 0.15) is 5.75 Å². The Hall–Kier alpha value is -3.67. The van der Waals surface area contributed by atoms with Gasteiger partial charge in [0.25, 0.3) is 0 Å². The van der Waals surface area contributed by atoms with E-state index in [1.54, 1.807) is 6.20 Å². The molecule has 198 valence electrons. The number of nitrogens with zero attached hydrogens (tertiary/aromatic N) is 2. The molecule has 8 heteroatoms. The van der Waals surface area contributed by atoms with E-state index in [0.717, 1.165) is 22.4 Å². The van der Waals surface area contributed by atoms with Crippen molar-refractivity contribution in [2.75, 3.05) is 6.61 Å². The van der Waals surface area contributed by atoms with Crippen LogP contribution < -0.4 is 10.1 Å². The Bertz CT molecular complexity index is 1230. The fraction of sp³-hybridized carbons (Fsp3) is 0.367. The quantitative estimate of drug-likeness (QED) is 0.297. The Balaban J connectivity index is 1.48. The van der Waals surface area contributed by atoms with E-state index in [9.17, 15) is 20.1 Å². The third kappa shape index (κ3) is 8.72. The van der Waals surface area contributed by atoms with Gasteiger partial charge in [0.05, 0.1) is 36.6 Å². The fourth-order valence-electron chi connectivity index (χ4n) is 4.57. The number of carbonyl (C=O) groups is 1. The van der Waals surface area contributed by atoms with Crippen LogP contribution in [-0.4, -0.2) is 40.6 Å². The average Bonchev–Trinajstić information content (AvgIpc) is 2.88. The molecule has 0 aliphatic carbocycles. The Labute approximate surface area is 225 Å². The second-order valence-electron chi connectivity index (χ2n) is 9.84. The van der Waals surface area contributed by atoms with Crippen molar-refractivity contribution in [3.05, 3.63) is 94.8 Å². The summed E-state index contributed by atoms with van der Waals surface area (Å²) in [6.45, 7) is 6.25. The molecule has 0 saturated carbocycles. The van der Waals surface area contributed by atoms with Crippen molar-refractivity contribution in [1.29, 1.82) is 5.26 Å². The Morgan fingerprint density at radius 3 is 2.63 bits per heavy atom. The van der Waals surface area contributed by atoms with Crippen LogP contribution in [0.4, 0.5) is 0 Å². The van der Waals surface area contributed by atoms with Gasteiger partial charge in [0.15, 0.2) is 0 Å². The van der Waals surface area contributed by atoms with Gasteiger partial charge in [-0.1, -0.05) is 48.9 Å². The van der Waals surface area contributed by atoms with E-state index >= 15 is 0 Å². The Kier molecular flexibility index (Phi) is 10.9. The zero-order valence-corrected chi connectivity index (χ0v) is 22.3. The summed E-state index contributed by atoms with van der Waals surface area (Å²) in [7, 11) is -1.65. The SMILES string of the molecule is Cc1ccc(CC[C@H](NC(=O)CCOc2cccc(CC(C)C(C#N)c3ccccn3)c2)B(O)O)c(C)c1. The molecule has 3 aromatic rings. The van der Waals surface area contributed by atoms with Gasteiger partial charge in [-0.25, -0.2) is 0 Å². The van der Waals surface area contributed by atoms with Crippen LogP contribution >= 0.6 is 0 Å². The summed E-state index contributed by atoms with van der Waals surface area (Å²) in [4.78, 5) is 16.8. The van der Waals surface area contributed by atoms with Gasteiger partial charge in [-0.15, -0.1) is 0 Å². The molecule has 0 aliphatic rings. The lowest BCUT2D eigenvalue weighted by atomic mass is 9.76. The highest BCUT2D eigenvalue weighted by molar-refractivity contribution is 6.43. The van der Waals surface area contributed by atoms with Crippen LogP contribution in [0.5, 0.6) is 5.75 Å². The smallest absolute Gasteiger partial charge is 0.475 e. The average molecular weight is 513 g/mol. The molecule has 0 saturated heterocycles. The summed E-state index contributed by atoms with van der Waals surface area (Å²) in [5.74, 6) is -0.681. The zero-order chi connectivity index (χ0) is 27.5. The number of hydrogen-bond donors (Lipinski definition) is 3. The first-order chi connectivity index (χ1) is 18.3. The van der Waals surface area contributed by atoms with E-state index in [-0.39, 0.29) is 30.8 Å². The number of aromatic nitrogens is 1. The number of nitriles is 1. The maximum atomic E-state index is 12.5. The van der Waals surface area contributed by atoms with Gasteiger partial charge in [-0.3, -0.25) is 9.78 Å². The Morgan fingerprint density at radius 2 is 1.95 bits per heavy atom. The molecule has 3 rings (SSSR count). The predicted molar refractivity (Wildman–Crippen MR) is 148 cm³/mol. The summed E-state index contributed by atoms with van der Waals surface area (Å²) in [6, 6.07) is 21.8. The van der Waals surface area contributed by atoms with Crippen molar-refractivity contribution in [1.82, 2.24) is 10.3 Å². The standard InChI is InChI=1S/C30H36BN3O4/c1-21-10-11-25(22(2)17-21)12-13-29(31(36)37)34-30(35)14-16-38-26-8-6-7-24(19-26)18-23(3)27(20-32)28-9-4-5-15-33-28/h4-11,15,17,19,23,27,29,36-37H,12-14,16,18H2,1-3H3,(H,34,35)/t23?,27?,29-/m0/s1. The van der Waals surface area contributed by atoms with Gasteiger partial charge in [0.2, 0.25) is 5.91 Å². The molecule has 0 bridgehead atoms. The summed E-state index contributed by atoms with van der Waals surface area (Å²) < 4.78 is 5.81. The van der Waals surface area contributed by atoms with Crippen LogP contribution in [-0.2, 0) is 17.6 Å². The maximum absolute atomic E-state index is 12.5. The zero-order valence-electron chi connectivity index (χ0n) is 22.3. The molecule has 0 radical (unpaired) electrons. The molecular weight excluding hydrogens is 477 g/mol. The Morgan fingerprint density at radius 1 is 1.13 bits per heavy atom. The van der Waals surface area contributed by atoms with Gasteiger partial charge >= 0.3 is 7.12 Å². The molecule has 0 spiro atoms. The summed E-state index contributed by atoms with van der Waals surface area (Å²) >= 11 is 0. The van der Waals surface area contributed by atoms with Gasteiger partial charge in [0, 0.05) is 6.20 Å². The van der Waals surface area contributed by atoms with Crippen molar-refractivity contribution in [2.45, 2.75) is 58.3 Å². The van der Waals surface area contributed by atoms with E-state index < -0.39 is 13.1 Å². The largest absolute Gasteiger partial charge is 0.493 e. The van der Waals surface area contributed by atoms with Gasteiger partial charge in [-0.05, 0) is 80.0 Å². The predicted octanol–water partition coefficient (Wildman–Crippen LogP) is 4.08. The van der Waals surface area contributed by atoms with Crippen LogP contribution in [0.15, 0.2) is 66.9 Å². The van der Waals surface area contributed by atoms with Gasteiger partial charge < -0.3 is 20.1 Å². The topological polar surface area (TPSA) is 115 Å². The lowest BCUT2D eigenvalue weighted by Crippen LogP contribution is -2.47. The molecule has 1 heterocycles. The van der Waals surface area contributed by atoms with Crippen LogP contribution in [0.2, 0.25) is 0 Å². The number of pyridine rings is 1. The molecule has 38 heavy (non-hydrogen) atoms. The molecule has 3 atom stereocenters. The lowest BCUT2D eigenvalue weighted by molar-refractivity contribution is -0.122. The summed E-state index contributed by atoms with van der Waals surface area (Å²) in [5, 5.41) is 31.9. The number of rotatable bonds is 13. The van der Waals surface area contributed by atoms with E-state index in [2.05, 4.69) is 22.4 Å². The number of carbonyl (C=O) groups excluding carboxylic acids is 1. The van der Waals surface area contributed by atoms with Crippen molar-refractivity contribution >= 4 is 13.0 Å². The van der Waals surface area contributed by atoms with Crippen LogP contribution in [0.3, 0.4) is 0 Å². The first-order valence-electron chi connectivity index (χ1n) is 13.0. The highest BCUT2D eigenvalue weighted by Gasteiger charge is 2.25. The summed E-state index contributed by atoms with van der Waals surface area (Å²) in [6.07, 6.45) is 3.51. The molecule has 0 fully saturated rings. The third-order valence-electron chi connectivity index (χ3n) is 6.70. The summed E-state index contributed by atoms with van der Waals surface area (Å²) in [5.41, 5.74) is 5.24. The fourth-order valence-corrected chi connectivity index (χ4v) is 4.57. The minimum absolute atomic E-state index is 0.0569. The molecule has 2 aromatic carbocycles.